The highest BCUT2D eigenvalue weighted by Crippen LogP contribution is 2.58. The Morgan fingerprint density at radius 3 is 2.67 bits per heavy atom. The fraction of sp³-hybridized carbons (Fsp3) is 0.619. The summed E-state index contributed by atoms with van der Waals surface area (Å²) in [5, 5.41) is 6.46. The SMILES string of the molecule is CN1CCN(C(=O)Cc2cccc(NC(=O)C3CC34CCNCC4)c2)CC1. The topological polar surface area (TPSA) is 64.7 Å². The van der Waals surface area contributed by atoms with E-state index in [-0.39, 0.29) is 23.1 Å². The van der Waals surface area contributed by atoms with E-state index < -0.39 is 0 Å². The van der Waals surface area contributed by atoms with Gasteiger partial charge in [-0.15, -0.1) is 0 Å². The lowest BCUT2D eigenvalue weighted by Crippen LogP contribution is -2.47. The molecular formula is C21H30N4O2. The van der Waals surface area contributed by atoms with Gasteiger partial charge in [-0.3, -0.25) is 9.59 Å². The molecule has 6 heteroatoms. The summed E-state index contributed by atoms with van der Waals surface area (Å²) < 4.78 is 0. The van der Waals surface area contributed by atoms with Crippen molar-refractivity contribution >= 4 is 17.5 Å². The maximum absolute atomic E-state index is 12.6. The number of nitrogens with zero attached hydrogens (tertiary/aromatic N) is 2. The summed E-state index contributed by atoms with van der Waals surface area (Å²) in [6.45, 7) is 5.50. The number of carbonyl (C=O) groups is 2. The van der Waals surface area contributed by atoms with Crippen molar-refractivity contribution in [2.24, 2.45) is 11.3 Å². The Hall–Kier alpha value is -1.92. The molecule has 1 aromatic rings. The van der Waals surface area contributed by atoms with E-state index in [9.17, 15) is 9.59 Å². The van der Waals surface area contributed by atoms with E-state index in [4.69, 9.17) is 0 Å². The fourth-order valence-electron chi connectivity index (χ4n) is 4.53. The molecule has 0 radical (unpaired) electrons. The number of piperidine rings is 1. The summed E-state index contributed by atoms with van der Waals surface area (Å²) in [5.74, 6) is 0.456. The van der Waals surface area contributed by atoms with Crippen LogP contribution in [0.15, 0.2) is 24.3 Å². The van der Waals surface area contributed by atoms with Crippen LogP contribution < -0.4 is 10.6 Å². The number of hydrogen-bond acceptors (Lipinski definition) is 4. The average molecular weight is 370 g/mol. The lowest BCUT2D eigenvalue weighted by molar-refractivity contribution is -0.132. The molecule has 1 spiro atoms. The molecule has 2 heterocycles. The van der Waals surface area contributed by atoms with Crippen LogP contribution in [0.5, 0.6) is 0 Å². The van der Waals surface area contributed by atoms with E-state index in [2.05, 4.69) is 22.6 Å². The molecule has 2 saturated heterocycles. The van der Waals surface area contributed by atoms with E-state index >= 15 is 0 Å². The normalized spacial score (nSPS) is 24.6. The summed E-state index contributed by atoms with van der Waals surface area (Å²) in [7, 11) is 2.09. The second-order valence-corrected chi connectivity index (χ2v) is 8.42. The highest BCUT2D eigenvalue weighted by atomic mass is 16.2. The van der Waals surface area contributed by atoms with E-state index in [1.54, 1.807) is 0 Å². The van der Waals surface area contributed by atoms with Gasteiger partial charge in [0.2, 0.25) is 11.8 Å². The lowest BCUT2D eigenvalue weighted by Gasteiger charge is -2.32. The van der Waals surface area contributed by atoms with E-state index in [1.165, 1.54) is 0 Å². The van der Waals surface area contributed by atoms with Gasteiger partial charge >= 0.3 is 0 Å². The highest BCUT2D eigenvalue weighted by Gasteiger charge is 2.57. The van der Waals surface area contributed by atoms with Crippen LogP contribution in [-0.4, -0.2) is 67.9 Å². The number of anilines is 1. The minimum atomic E-state index is 0.138. The van der Waals surface area contributed by atoms with Crippen LogP contribution in [0.4, 0.5) is 5.69 Å². The number of piperazine rings is 1. The zero-order valence-corrected chi connectivity index (χ0v) is 16.2. The first kappa shape index (κ1) is 18.4. The Bertz CT molecular complexity index is 706. The fourth-order valence-corrected chi connectivity index (χ4v) is 4.53. The predicted octanol–water partition coefficient (Wildman–Crippen LogP) is 1.33. The van der Waals surface area contributed by atoms with Crippen molar-refractivity contribution in [2.45, 2.75) is 25.7 Å². The minimum absolute atomic E-state index is 0.138. The van der Waals surface area contributed by atoms with Gasteiger partial charge in [-0.05, 0) is 62.5 Å². The van der Waals surface area contributed by atoms with Gasteiger partial charge in [0, 0.05) is 37.8 Å². The van der Waals surface area contributed by atoms with Crippen LogP contribution in [0, 0.1) is 11.3 Å². The van der Waals surface area contributed by atoms with Crippen molar-refractivity contribution < 1.29 is 9.59 Å². The third kappa shape index (κ3) is 4.17. The molecule has 0 aromatic heterocycles. The molecule has 3 aliphatic rings. The van der Waals surface area contributed by atoms with Crippen LogP contribution >= 0.6 is 0 Å². The first-order valence-corrected chi connectivity index (χ1v) is 10.1. The second kappa shape index (κ2) is 7.60. The molecule has 6 nitrogen and oxygen atoms in total. The Morgan fingerprint density at radius 1 is 1.19 bits per heavy atom. The van der Waals surface area contributed by atoms with Gasteiger partial charge in [-0.1, -0.05) is 12.1 Å². The number of hydrogen-bond donors (Lipinski definition) is 2. The van der Waals surface area contributed by atoms with E-state index in [0.29, 0.717) is 6.42 Å². The molecular weight excluding hydrogens is 340 g/mol. The molecule has 2 aliphatic heterocycles. The molecule has 27 heavy (non-hydrogen) atoms. The number of carbonyl (C=O) groups excluding carboxylic acids is 2. The zero-order chi connectivity index (χ0) is 18.9. The average Bonchev–Trinajstić information content (AvgIpc) is 3.36. The van der Waals surface area contributed by atoms with E-state index in [1.807, 2.05) is 29.2 Å². The van der Waals surface area contributed by atoms with Crippen LogP contribution in [0.1, 0.15) is 24.8 Å². The standard InChI is InChI=1S/C21H30N4O2/c1-24-9-11-25(12-10-24)19(26)14-16-3-2-4-17(13-16)23-20(27)18-15-21(18)5-7-22-8-6-21/h2-4,13,18,22H,5-12,14-15H2,1H3,(H,23,27). The van der Waals surface area contributed by atoms with Gasteiger partial charge in [0.25, 0.3) is 0 Å². The van der Waals surface area contributed by atoms with Crippen molar-refractivity contribution in [3.05, 3.63) is 29.8 Å². The Morgan fingerprint density at radius 2 is 1.93 bits per heavy atom. The van der Waals surface area contributed by atoms with Gasteiger partial charge in [-0.25, -0.2) is 0 Å². The van der Waals surface area contributed by atoms with Crippen LogP contribution in [0.2, 0.25) is 0 Å². The van der Waals surface area contributed by atoms with Crippen LogP contribution in [0.25, 0.3) is 0 Å². The van der Waals surface area contributed by atoms with E-state index in [0.717, 1.165) is 69.8 Å². The number of likely N-dealkylation sites (N-methyl/N-ethyl adjacent to an activating group) is 1. The number of benzene rings is 1. The summed E-state index contributed by atoms with van der Waals surface area (Å²) >= 11 is 0. The van der Waals surface area contributed by atoms with Crippen molar-refractivity contribution in [1.29, 1.82) is 0 Å². The third-order valence-electron chi connectivity index (χ3n) is 6.51. The quantitative estimate of drug-likeness (QED) is 0.839. The third-order valence-corrected chi connectivity index (χ3v) is 6.51. The number of nitrogens with one attached hydrogen (secondary N) is 2. The molecule has 1 aromatic carbocycles. The van der Waals surface area contributed by atoms with Gasteiger partial charge < -0.3 is 20.4 Å². The molecule has 2 amide bonds. The molecule has 1 saturated carbocycles. The maximum atomic E-state index is 12.6. The molecule has 4 rings (SSSR count). The van der Waals surface area contributed by atoms with Gasteiger partial charge in [-0.2, -0.15) is 0 Å². The van der Waals surface area contributed by atoms with Crippen LogP contribution in [0.3, 0.4) is 0 Å². The highest BCUT2D eigenvalue weighted by molar-refractivity contribution is 5.95. The Labute approximate surface area is 161 Å². The molecule has 1 aliphatic carbocycles. The van der Waals surface area contributed by atoms with Crippen molar-refractivity contribution in [2.75, 3.05) is 51.6 Å². The second-order valence-electron chi connectivity index (χ2n) is 8.42. The molecule has 3 fully saturated rings. The van der Waals surface area contributed by atoms with Crippen molar-refractivity contribution in [3.63, 3.8) is 0 Å². The Kier molecular flexibility index (Phi) is 5.19. The minimum Gasteiger partial charge on any atom is -0.340 e. The van der Waals surface area contributed by atoms with Crippen molar-refractivity contribution in [1.82, 2.24) is 15.1 Å². The predicted molar refractivity (Wildman–Crippen MR) is 105 cm³/mol. The molecule has 146 valence electrons. The summed E-state index contributed by atoms with van der Waals surface area (Å²) in [6, 6.07) is 7.76. The molecule has 2 N–H and O–H groups in total. The smallest absolute Gasteiger partial charge is 0.228 e. The zero-order valence-electron chi connectivity index (χ0n) is 16.2. The molecule has 0 bridgehead atoms. The van der Waals surface area contributed by atoms with Gasteiger partial charge in [0.1, 0.15) is 0 Å². The Balaban J connectivity index is 1.32. The number of rotatable bonds is 4. The van der Waals surface area contributed by atoms with Crippen molar-refractivity contribution in [3.8, 4) is 0 Å². The summed E-state index contributed by atoms with van der Waals surface area (Å²) in [6.07, 6.45) is 3.61. The first-order valence-electron chi connectivity index (χ1n) is 10.1. The van der Waals surface area contributed by atoms with Gasteiger partial charge in [0.05, 0.1) is 6.42 Å². The van der Waals surface area contributed by atoms with Crippen LogP contribution in [-0.2, 0) is 16.0 Å². The first-order chi connectivity index (χ1) is 13.1. The summed E-state index contributed by atoms with van der Waals surface area (Å²) in [5.41, 5.74) is 2.01. The molecule has 1 unspecified atom stereocenters. The monoisotopic (exact) mass is 370 g/mol. The summed E-state index contributed by atoms with van der Waals surface area (Å²) in [4.78, 5) is 29.4. The largest absolute Gasteiger partial charge is 0.340 e. The molecule has 1 atom stereocenters. The maximum Gasteiger partial charge on any atom is 0.228 e. The van der Waals surface area contributed by atoms with Gasteiger partial charge in [0.15, 0.2) is 0 Å². The lowest BCUT2D eigenvalue weighted by atomic mass is 9.92. The number of amides is 2.